The maximum atomic E-state index is 11.5. The molecule has 9 nitrogen and oxygen atoms in total. The van der Waals surface area contributed by atoms with Crippen molar-refractivity contribution in [3.8, 4) is 11.5 Å². The molecule has 0 radical (unpaired) electrons. The van der Waals surface area contributed by atoms with Gasteiger partial charge in [0.1, 0.15) is 11.5 Å². The van der Waals surface area contributed by atoms with E-state index in [1.165, 1.54) is 25.4 Å². The number of benzene rings is 1. The van der Waals surface area contributed by atoms with Crippen molar-refractivity contribution in [1.82, 2.24) is 10.5 Å². The van der Waals surface area contributed by atoms with Crippen LogP contribution in [-0.2, 0) is 18.1 Å². The zero-order valence-electron chi connectivity index (χ0n) is 13.6. The second kappa shape index (κ2) is 6.63. The molecule has 0 aliphatic carbocycles. The van der Waals surface area contributed by atoms with Crippen molar-refractivity contribution < 1.29 is 24.7 Å². The molecule has 0 saturated heterocycles. The first-order valence-corrected chi connectivity index (χ1v) is 7.49. The fourth-order valence-electron chi connectivity index (χ4n) is 3.01. The highest BCUT2D eigenvalue weighted by Gasteiger charge is 2.35. The fourth-order valence-corrected chi connectivity index (χ4v) is 3.01. The number of nitro benzene ring substituents is 1. The first-order chi connectivity index (χ1) is 12.0. The molecule has 9 heteroatoms. The quantitative estimate of drug-likeness (QED) is 0.562. The molecule has 0 saturated carbocycles. The number of methoxy groups -OCH3 is 1. The molecule has 1 atom stereocenters. The lowest BCUT2D eigenvalue weighted by Crippen LogP contribution is -2.31. The number of ether oxygens (including phenoxy) is 1. The highest BCUT2D eigenvalue weighted by Crippen LogP contribution is 2.43. The number of aryl methyl sites for hydroxylation is 1. The lowest BCUT2D eigenvalue weighted by Gasteiger charge is -2.29. The van der Waals surface area contributed by atoms with Crippen LogP contribution in [0.4, 0.5) is 5.69 Å². The van der Waals surface area contributed by atoms with Crippen molar-refractivity contribution in [2.24, 2.45) is 0 Å². The van der Waals surface area contributed by atoms with Crippen molar-refractivity contribution in [2.45, 2.75) is 26.2 Å². The highest BCUT2D eigenvalue weighted by atomic mass is 16.6. The number of fused-ring (bicyclic) bond motifs is 1. The SMILES string of the molecule is COc1ccc([N+](=O)[O-])c2c1CONC2c1c(CO)cnc(C)c1O. The predicted octanol–water partition coefficient (Wildman–Crippen LogP) is 1.63. The van der Waals surface area contributed by atoms with Crippen LogP contribution in [0.2, 0.25) is 0 Å². The lowest BCUT2D eigenvalue weighted by atomic mass is 9.89. The Bertz CT molecular complexity index is 839. The standard InChI is InChI=1S/C16H17N3O6/c1-8-16(21)13(9(6-20)5-17-8)15-14-10(7-25-18-15)12(24-2)4-3-11(14)19(22)23/h3-5,15,18,20-21H,6-7H2,1-2H3. The van der Waals surface area contributed by atoms with Gasteiger partial charge in [-0.1, -0.05) is 0 Å². The molecule has 25 heavy (non-hydrogen) atoms. The van der Waals surface area contributed by atoms with Crippen LogP contribution in [0.15, 0.2) is 18.3 Å². The summed E-state index contributed by atoms with van der Waals surface area (Å²) < 4.78 is 5.29. The van der Waals surface area contributed by atoms with Crippen molar-refractivity contribution in [3.05, 3.63) is 56.4 Å². The number of nitro groups is 1. The van der Waals surface area contributed by atoms with Crippen molar-refractivity contribution in [2.75, 3.05) is 7.11 Å². The number of hydrogen-bond acceptors (Lipinski definition) is 8. The molecule has 132 valence electrons. The van der Waals surface area contributed by atoms with E-state index in [0.29, 0.717) is 28.1 Å². The number of pyridine rings is 1. The van der Waals surface area contributed by atoms with E-state index in [-0.39, 0.29) is 30.2 Å². The molecule has 1 aliphatic heterocycles. The van der Waals surface area contributed by atoms with Gasteiger partial charge in [0.15, 0.2) is 0 Å². The molecular formula is C16H17N3O6. The van der Waals surface area contributed by atoms with Crippen LogP contribution in [-0.4, -0.2) is 27.2 Å². The molecule has 3 N–H and O–H groups in total. The van der Waals surface area contributed by atoms with Crippen molar-refractivity contribution in [3.63, 3.8) is 0 Å². The van der Waals surface area contributed by atoms with Gasteiger partial charge in [-0.2, -0.15) is 5.48 Å². The maximum absolute atomic E-state index is 11.5. The number of aromatic hydroxyl groups is 1. The average Bonchev–Trinajstić information content (AvgIpc) is 2.62. The van der Waals surface area contributed by atoms with Gasteiger partial charge in [-0.15, -0.1) is 0 Å². The molecule has 0 bridgehead atoms. The van der Waals surface area contributed by atoms with Crippen LogP contribution in [0.1, 0.15) is 34.0 Å². The van der Waals surface area contributed by atoms with Gasteiger partial charge in [0, 0.05) is 29.0 Å². The molecule has 2 aromatic rings. The van der Waals surface area contributed by atoms with Gasteiger partial charge in [0.25, 0.3) is 5.69 Å². The second-order valence-corrected chi connectivity index (χ2v) is 5.57. The highest BCUT2D eigenvalue weighted by molar-refractivity contribution is 5.59. The Morgan fingerprint density at radius 1 is 1.48 bits per heavy atom. The summed E-state index contributed by atoms with van der Waals surface area (Å²) in [4.78, 5) is 20.4. The molecule has 1 unspecified atom stereocenters. The number of rotatable bonds is 4. The van der Waals surface area contributed by atoms with Gasteiger partial charge in [0.05, 0.1) is 42.5 Å². The molecule has 3 rings (SSSR count). The minimum absolute atomic E-state index is 0.0654. The number of hydrogen-bond donors (Lipinski definition) is 3. The minimum atomic E-state index is -0.858. The third-order valence-electron chi connectivity index (χ3n) is 4.23. The Balaban J connectivity index is 2.31. The first-order valence-electron chi connectivity index (χ1n) is 7.49. The van der Waals surface area contributed by atoms with E-state index < -0.39 is 11.0 Å². The van der Waals surface area contributed by atoms with Crippen molar-refractivity contribution >= 4 is 5.69 Å². The Morgan fingerprint density at radius 2 is 2.24 bits per heavy atom. The summed E-state index contributed by atoms with van der Waals surface area (Å²) in [6.07, 6.45) is 1.42. The van der Waals surface area contributed by atoms with Crippen molar-refractivity contribution in [1.29, 1.82) is 0 Å². The van der Waals surface area contributed by atoms with Gasteiger partial charge in [-0.3, -0.25) is 19.9 Å². The molecule has 1 aromatic heterocycles. The zero-order chi connectivity index (χ0) is 18.1. The van der Waals surface area contributed by atoms with Gasteiger partial charge in [-0.25, -0.2) is 0 Å². The van der Waals surface area contributed by atoms with E-state index in [1.54, 1.807) is 6.92 Å². The van der Waals surface area contributed by atoms with Gasteiger partial charge in [-0.05, 0) is 13.0 Å². The molecule has 1 aromatic carbocycles. The lowest BCUT2D eigenvalue weighted by molar-refractivity contribution is -0.386. The number of aliphatic hydroxyl groups is 1. The molecule has 2 heterocycles. The van der Waals surface area contributed by atoms with E-state index in [4.69, 9.17) is 9.57 Å². The van der Waals surface area contributed by atoms with Crippen LogP contribution in [0.5, 0.6) is 11.5 Å². The molecular weight excluding hydrogens is 330 g/mol. The second-order valence-electron chi connectivity index (χ2n) is 5.57. The van der Waals surface area contributed by atoms with E-state index in [9.17, 15) is 20.3 Å². The minimum Gasteiger partial charge on any atom is -0.506 e. The van der Waals surface area contributed by atoms with E-state index in [0.717, 1.165) is 0 Å². The third-order valence-corrected chi connectivity index (χ3v) is 4.23. The van der Waals surface area contributed by atoms with E-state index >= 15 is 0 Å². The first kappa shape index (κ1) is 17.1. The Morgan fingerprint density at radius 3 is 2.88 bits per heavy atom. The average molecular weight is 347 g/mol. The Kier molecular flexibility index (Phi) is 4.53. The number of nitrogens with zero attached hydrogens (tertiary/aromatic N) is 2. The summed E-state index contributed by atoms with van der Waals surface area (Å²) in [6.45, 7) is 1.28. The summed E-state index contributed by atoms with van der Waals surface area (Å²) in [5.74, 6) is 0.292. The maximum Gasteiger partial charge on any atom is 0.275 e. The summed E-state index contributed by atoms with van der Waals surface area (Å²) >= 11 is 0. The monoisotopic (exact) mass is 347 g/mol. The number of aromatic nitrogens is 1. The molecule has 1 aliphatic rings. The number of hydroxylamine groups is 1. The van der Waals surface area contributed by atoms with Crippen LogP contribution < -0.4 is 10.2 Å². The molecule has 0 spiro atoms. The molecule has 0 amide bonds. The summed E-state index contributed by atoms with van der Waals surface area (Å²) in [5, 5.41) is 31.6. The van der Waals surface area contributed by atoms with E-state index in [1.807, 2.05) is 0 Å². The van der Waals surface area contributed by atoms with Gasteiger partial charge in [0.2, 0.25) is 0 Å². The topological polar surface area (TPSA) is 127 Å². The van der Waals surface area contributed by atoms with Gasteiger partial charge < -0.3 is 14.9 Å². The summed E-state index contributed by atoms with van der Waals surface area (Å²) in [6, 6.07) is 2.00. The number of aliphatic hydroxyl groups excluding tert-OH is 1. The van der Waals surface area contributed by atoms with Crippen LogP contribution in [0, 0.1) is 17.0 Å². The fraction of sp³-hybridized carbons (Fsp3) is 0.312. The predicted molar refractivity (Wildman–Crippen MR) is 86.0 cm³/mol. The number of nitrogens with one attached hydrogen (secondary N) is 1. The Hall–Kier alpha value is -2.75. The summed E-state index contributed by atoms with van der Waals surface area (Å²) in [7, 11) is 1.46. The van der Waals surface area contributed by atoms with Crippen LogP contribution in [0.3, 0.4) is 0 Å². The van der Waals surface area contributed by atoms with Crippen LogP contribution >= 0.6 is 0 Å². The third kappa shape index (κ3) is 2.78. The van der Waals surface area contributed by atoms with Gasteiger partial charge >= 0.3 is 0 Å². The van der Waals surface area contributed by atoms with E-state index in [2.05, 4.69) is 10.5 Å². The zero-order valence-corrected chi connectivity index (χ0v) is 13.6. The van der Waals surface area contributed by atoms with Crippen LogP contribution in [0.25, 0.3) is 0 Å². The molecule has 0 fully saturated rings. The summed E-state index contributed by atoms with van der Waals surface area (Å²) in [5.41, 5.74) is 4.40. The largest absolute Gasteiger partial charge is 0.506 e. The Labute approximate surface area is 142 Å². The normalized spacial score (nSPS) is 16.4. The smallest absolute Gasteiger partial charge is 0.275 e.